The van der Waals surface area contributed by atoms with E-state index in [2.05, 4.69) is 20.3 Å². The summed E-state index contributed by atoms with van der Waals surface area (Å²) in [5.74, 6) is -1.69. The van der Waals surface area contributed by atoms with Crippen LogP contribution >= 0.6 is 0 Å². The van der Waals surface area contributed by atoms with Crippen molar-refractivity contribution >= 4 is 45.8 Å². The number of aldehydes is 1. The van der Waals surface area contributed by atoms with E-state index in [9.17, 15) is 19.2 Å². The molecule has 12 nitrogen and oxygen atoms in total. The van der Waals surface area contributed by atoms with Crippen molar-refractivity contribution in [1.82, 2.24) is 30.1 Å². The summed E-state index contributed by atoms with van der Waals surface area (Å²) in [5, 5.41) is 4.80. The van der Waals surface area contributed by atoms with Crippen LogP contribution < -0.4 is 22.1 Å². The summed E-state index contributed by atoms with van der Waals surface area (Å²) >= 11 is 0. The third-order valence-electron chi connectivity index (χ3n) is 7.40. The second-order valence-electron chi connectivity index (χ2n) is 10.5. The molecule has 0 saturated heterocycles. The van der Waals surface area contributed by atoms with Crippen molar-refractivity contribution < 1.29 is 20.6 Å². The second kappa shape index (κ2) is 12.8. The lowest BCUT2D eigenvalue weighted by Gasteiger charge is -2.19. The van der Waals surface area contributed by atoms with Gasteiger partial charge in [-0.3, -0.25) is 19.0 Å². The van der Waals surface area contributed by atoms with Crippen molar-refractivity contribution in [3.05, 3.63) is 90.3 Å². The lowest BCUT2D eigenvalue weighted by atomic mass is 10.0. The number of H-pyrrole nitrogens is 2. The zero-order chi connectivity index (χ0) is 31.4. The number of rotatable bonds is 12. The number of imidazole rings is 1. The Morgan fingerprint density at radius 1 is 0.977 bits per heavy atom. The first-order valence-corrected chi connectivity index (χ1v) is 13.9. The summed E-state index contributed by atoms with van der Waals surface area (Å²) in [7, 11) is 0. The number of nitrogens with zero attached hydrogens (tertiary/aromatic N) is 2. The molecule has 222 valence electrons. The van der Waals surface area contributed by atoms with Crippen LogP contribution in [0.15, 0.2) is 73.4 Å². The van der Waals surface area contributed by atoms with Gasteiger partial charge in [0.25, 0.3) is 0 Å². The molecular weight excluding hydrogens is 548 g/mol. The average molecular weight is 584 g/mol. The highest BCUT2D eigenvalue weighted by Crippen LogP contribution is 2.23. The van der Waals surface area contributed by atoms with Crippen molar-refractivity contribution in [3.8, 4) is 0 Å². The van der Waals surface area contributed by atoms with Gasteiger partial charge in [0.2, 0.25) is 17.7 Å². The molecule has 0 unspecified atom stereocenters. The Labute approximate surface area is 248 Å². The van der Waals surface area contributed by atoms with Crippen LogP contribution in [-0.4, -0.2) is 67.7 Å². The number of nitrogens with one attached hydrogen (secondary N) is 4. The number of carbonyl (C=O) groups is 4. The van der Waals surface area contributed by atoms with E-state index >= 15 is 0 Å². The Balaban J connectivity index is 1.23. The standard InChI is InChI=1S/C31H34N8O4/c1-18(29(41)38-22(16-40)10-19-13-35-27-8-4-2-6-23(19)27)37-30(42)25(32)11-20-15-39(28-9-5-3-7-24(20)28)31(43)26(33)12-21-14-34-17-36-21/h2-9,13-18,22,25-26,35H,10-12,32-33H2,1H3,(H,34,36)(H,37,42)(H,38,41)/t18-,22-,25+,26-/m0/s1/i/hD. The van der Waals surface area contributed by atoms with E-state index in [-0.39, 0.29) is 25.2 Å². The third-order valence-corrected chi connectivity index (χ3v) is 7.40. The van der Waals surface area contributed by atoms with Crippen LogP contribution in [0, 0.1) is 0 Å². The largest absolute Gasteiger partial charge is 0.361 e. The smallest absolute Gasteiger partial charge is 0.248 e. The van der Waals surface area contributed by atoms with Gasteiger partial charge in [0.05, 0.1) is 30.0 Å². The minimum Gasteiger partial charge on any atom is -0.361 e. The number of fused-ring (bicyclic) bond motifs is 2. The zero-order valence-corrected chi connectivity index (χ0v) is 23.6. The first kappa shape index (κ1) is 28.1. The van der Waals surface area contributed by atoms with E-state index in [1.807, 2.05) is 36.4 Å². The molecule has 0 aliphatic rings. The molecule has 0 spiro atoms. The number of hydrogen-bond acceptors (Lipinski definition) is 7. The Hall–Kier alpha value is -5.07. The van der Waals surface area contributed by atoms with Crippen LogP contribution in [0.1, 0.15) is 28.5 Å². The zero-order valence-electron chi connectivity index (χ0n) is 24.6. The number of para-hydroxylation sites is 2. The number of amides is 2. The van der Waals surface area contributed by atoms with Gasteiger partial charge >= 0.3 is 0 Å². The highest BCUT2D eigenvalue weighted by atomic mass is 16.2. The Morgan fingerprint density at radius 3 is 2.47 bits per heavy atom. The van der Waals surface area contributed by atoms with Gasteiger partial charge in [0.15, 0.2) is 1.41 Å². The summed E-state index contributed by atoms with van der Waals surface area (Å²) in [6.07, 6.45) is 7.54. The molecule has 5 rings (SSSR count). The fourth-order valence-electron chi connectivity index (χ4n) is 5.13. The van der Waals surface area contributed by atoms with Crippen LogP contribution in [0.3, 0.4) is 0 Å². The molecule has 3 aromatic heterocycles. The Kier molecular flexibility index (Phi) is 8.38. The van der Waals surface area contributed by atoms with Crippen LogP contribution in [0.4, 0.5) is 0 Å². The number of hydrogen-bond donors (Lipinski definition) is 6. The van der Waals surface area contributed by atoms with Crippen molar-refractivity contribution in [2.75, 3.05) is 0 Å². The lowest BCUT2D eigenvalue weighted by molar-refractivity contribution is -0.130. The molecule has 0 radical (unpaired) electrons. The molecule has 5 aromatic rings. The van der Waals surface area contributed by atoms with E-state index in [0.717, 1.165) is 27.5 Å². The first-order chi connectivity index (χ1) is 21.2. The predicted molar refractivity (Wildman–Crippen MR) is 162 cm³/mol. The quantitative estimate of drug-likeness (QED) is 0.119. The SMILES string of the molecule is [2H]N(C(=O)[C@H](C)NC(=O)[C@H](N)Cc1cn(C(=O)[C@@H](N)Cc2cnc[nH]2)c2ccccc12)[C@H](C=O)Cc1c[nH]c2ccccc12. The van der Waals surface area contributed by atoms with Gasteiger partial charge in [0, 0.05) is 53.4 Å². The average Bonchev–Trinajstić information content (AvgIpc) is 3.78. The normalized spacial score (nSPS) is 14.5. The molecule has 2 amide bonds. The van der Waals surface area contributed by atoms with Gasteiger partial charge in [-0.15, -0.1) is 0 Å². The minimum absolute atomic E-state index is 0.0748. The van der Waals surface area contributed by atoms with Gasteiger partial charge in [-0.05, 0) is 36.6 Å². The number of aromatic nitrogens is 4. The minimum atomic E-state index is -1.11. The molecule has 4 atom stereocenters. The van der Waals surface area contributed by atoms with Crippen LogP contribution in [-0.2, 0) is 33.6 Å². The lowest BCUT2D eigenvalue weighted by Crippen LogP contribution is -2.53. The monoisotopic (exact) mass is 583 g/mol. The number of benzene rings is 2. The number of carbonyl (C=O) groups excluding carboxylic acids is 4. The van der Waals surface area contributed by atoms with Crippen molar-refractivity contribution in [3.63, 3.8) is 0 Å². The van der Waals surface area contributed by atoms with E-state index in [1.165, 1.54) is 17.8 Å². The number of nitrogens with two attached hydrogens (primary N) is 2. The first-order valence-electron chi connectivity index (χ1n) is 14.4. The Bertz CT molecular complexity index is 1800. The maximum Gasteiger partial charge on any atom is 0.248 e. The third kappa shape index (κ3) is 6.55. The van der Waals surface area contributed by atoms with Gasteiger partial charge in [0.1, 0.15) is 12.3 Å². The van der Waals surface area contributed by atoms with Crippen LogP contribution in [0.25, 0.3) is 21.8 Å². The van der Waals surface area contributed by atoms with E-state index in [1.54, 1.807) is 30.7 Å². The molecule has 3 heterocycles. The molecule has 0 aliphatic heterocycles. The van der Waals surface area contributed by atoms with Gasteiger partial charge in [-0.25, -0.2) is 4.98 Å². The van der Waals surface area contributed by atoms with E-state index in [4.69, 9.17) is 12.9 Å². The van der Waals surface area contributed by atoms with Crippen LogP contribution in [0.2, 0.25) is 1.41 Å². The van der Waals surface area contributed by atoms with Gasteiger partial charge in [-0.2, -0.15) is 0 Å². The van der Waals surface area contributed by atoms with E-state index < -0.39 is 36.0 Å². The van der Waals surface area contributed by atoms with Gasteiger partial charge in [-0.1, -0.05) is 36.4 Å². The summed E-state index contributed by atoms with van der Waals surface area (Å²) in [5.41, 5.74) is 16.2. The molecule has 0 aliphatic carbocycles. The fourth-order valence-corrected chi connectivity index (χ4v) is 5.13. The highest BCUT2D eigenvalue weighted by Gasteiger charge is 2.25. The van der Waals surface area contributed by atoms with Crippen molar-refractivity contribution in [2.24, 2.45) is 11.5 Å². The fraction of sp³-hybridized carbons (Fsp3) is 0.258. The van der Waals surface area contributed by atoms with Crippen molar-refractivity contribution in [1.29, 1.82) is 0 Å². The highest BCUT2D eigenvalue weighted by molar-refractivity contribution is 5.97. The molecule has 43 heavy (non-hydrogen) atoms. The molecule has 0 bridgehead atoms. The summed E-state index contributed by atoms with van der Waals surface area (Å²) in [4.78, 5) is 61.2. The second-order valence-corrected chi connectivity index (χ2v) is 10.5. The van der Waals surface area contributed by atoms with Crippen LogP contribution in [0.5, 0.6) is 0 Å². The molecule has 2 aromatic carbocycles. The number of aromatic amines is 2. The summed E-state index contributed by atoms with van der Waals surface area (Å²) < 4.78 is 9.81. The summed E-state index contributed by atoms with van der Waals surface area (Å²) in [6, 6.07) is 10.7. The Morgan fingerprint density at radius 2 is 1.72 bits per heavy atom. The van der Waals surface area contributed by atoms with E-state index in [0.29, 0.717) is 22.7 Å². The van der Waals surface area contributed by atoms with Crippen molar-refractivity contribution in [2.45, 2.75) is 50.4 Å². The predicted octanol–water partition coefficient (Wildman–Crippen LogP) is 1.36. The topological polar surface area (TPSA) is 194 Å². The van der Waals surface area contributed by atoms with Gasteiger partial charge < -0.3 is 36.9 Å². The summed E-state index contributed by atoms with van der Waals surface area (Å²) in [6.45, 7) is 1.44. The molecule has 12 heteroatoms. The molecule has 0 fully saturated rings. The molecular formula is C31H34N8O4. The maximum absolute atomic E-state index is 13.3. The maximum atomic E-state index is 13.3. The molecule has 8 N–H and O–H groups in total. The molecule has 0 saturated carbocycles.